The molecule has 1 N–H and O–H groups in total. The van der Waals surface area contributed by atoms with E-state index in [4.69, 9.17) is 9.15 Å². The largest absolute Gasteiger partial charge is 0.461 e. The number of carbonyl (C=O) groups excluding carboxylic acids is 1. The third-order valence-electron chi connectivity index (χ3n) is 3.61. The van der Waals surface area contributed by atoms with Crippen LogP contribution in [0, 0.1) is 6.92 Å². The minimum atomic E-state index is -0.468. The van der Waals surface area contributed by atoms with Crippen LogP contribution >= 0.6 is 15.9 Å². The molecule has 0 spiro atoms. The standard InChI is InChI=1S/C16H17BrN2O3/c1-3-21-16(20)14-15(22-8-18-14)11-6-7-12(17)9(2)13(11)19-10-4-5-10/h6-8,10,19H,3-5H2,1-2H3. The third-order valence-corrected chi connectivity index (χ3v) is 4.46. The van der Waals surface area contributed by atoms with Crippen LogP contribution < -0.4 is 5.32 Å². The molecule has 5 nitrogen and oxygen atoms in total. The Hall–Kier alpha value is -1.82. The predicted octanol–water partition coefficient (Wildman–Crippen LogP) is 4.16. The molecule has 6 heteroatoms. The number of carbonyl (C=O) groups is 1. The van der Waals surface area contributed by atoms with Crippen molar-refractivity contribution < 1.29 is 13.9 Å². The Morgan fingerprint density at radius 3 is 2.95 bits per heavy atom. The summed E-state index contributed by atoms with van der Waals surface area (Å²) in [7, 11) is 0. The first-order chi connectivity index (χ1) is 10.6. The molecule has 2 aromatic rings. The van der Waals surface area contributed by atoms with Crippen LogP contribution in [-0.4, -0.2) is 23.6 Å². The number of hydrogen-bond donors (Lipinski definition) is 1. The van der Waals surface area contributed by atoms with Crippen molar-refractivity contribution in [2.24, 2.45) is 0 Å². The monoisotopic (exact) mass is 364 g/mol. The lowest BCUT2D eigenvalue weighted by atomic mass is 10.0. The zero-order valence-corrected chi connectivity index (χ0v) is 14.1. The lowest BCUT2D eigenvalue weighted by molar-refractivity contribution is 0.0520. The molecule has 1 aromatic carbocycles. The van der Waals surface area contributed by atoms with E-state index in [2.05, 4.69) is 26.2 Å². The average molecular weight is 365 g/mol. The summed E-state index contributed by atoms with van der Waals surface area (Å²) in [5, 5.41) is 3.51. The van der Waals surface area contributed by atoms with E-state index in [0.717, 1.165) is 34.1 Å². The van der Waals surface area contributed by atoms with Gasteiger partial charge in [0, 0.05) is 21.8 Å². The van der Waals surface area contributed by atoms with Crippen LogP contribution in [0.4, 0.5) is 5.69 Å². The Bertz CT molecular complexity index is 707. The van der Waals surface area contributed by atoms with Gasteiger partial charge in [0.25, 0.3) is 0 Å². The topological polar surface area (TPSA) is 64.4 Å². The molecular weight excluding hydrogens is 348 g/mol. The summed E-state index contributed by atoms with van der Waals surface area (Å²) in [5.41, 5.74) is 3.09. The number of esters is 1. The molecule has 1 fully saturated rings. The summed E-state index contributed by atoms with van der Waals surface area (Å²) >= 11 is 3.55. The van der Waals surface area contributed by atoms with Gasteiger partial charge in [0.15, 0.2) is 17.8 Å². The minimum absolute atomic E-state index is 0.211. The Kier molecular flexibility index (Phi) is 4.20. The molecule has 1 aromatic heterocycles. The number of oxazole rings is 1. The van der Waals surface area contributed by atoms with Gasteiger partial charge < -0.3 is 14.5 Å². The lowest BCUT2D eigenvalue weighted by Crippen LogP contribution is -2.08. The molecule has 0 bridgehead atoms. The van der Waals surface area contributed by atoms with Crippen molar-refractivity contribution in [2.75, 3.05) is 11.9 Å². The van der Waals surface area contributed by atoms with Crippen LogP contribution in [0.2, 0.25) is 0 Å². The number of hydrogen-bond acceptors (Lipinski definition) is 5. The Balaban J connectivity index is 2.06. The van der Waals surface area contributed by atoms with Gasteiger partial charge in [-0.05, 0) is 44.4 Å². The fourth-order valence-corrected chi connectivity index (χ4v) is 2.61. The van der Waals surface area contributed by atoms with E-state index in [-0.39, 0.29) is 5.69 Å². The van der Waals surface area contributed by atoms with E-state index < -0.39 is 5.97 Å². The van der Waals surface area contributed by atoms with Gasteiger partial charge in [-0.15, -0.1) is 0 Å². The van der Waals surface area contributed by atoms with Gasteiger partial charge in [0.2, 0.25) is 0 Å². The van der Waals surface area contributed by atoms with E-state index in [0.29, 0.717) is 18.4 Å². The summed E-state index contributed by atoms with van der Waals surface area (Å²) in [6.45, 7) is 4.10. The van der Waals surface area contributed by atoms with Crippen LogP contribution in [0.3, 0.4) is 0 Å². The molecule has 3 rings (SSSR count). The SMILES string of the molecule is CCOC(=O)c1ncoc1-c1ccc(Br)c(C)c1NC1CC1. The van der Waals surface area contributed by atoms with Crippen molar-refractivity contribution in [3.8, 4) is 11.3 Å². The maximum absolute atomic E-state index is 12.0. The molecule has 0 unspecified atom stereocenters. The number of ether oxygens (including phenoxy) is 1. The number of benzene rings is 1. The highest BCUT2D eigenvalue weighted by atomic mass is 79.9. The molecule has 0 aliphatic heterocycles. The first-order valence-corrected chi connectivity index (χ1v) is 8.07. The van der Waals surface area contributed by atoms with Crippen LogP contribution in [0.25, 0.3) is 11.3 Å². The van der Waals surface area contributed by atoms with Crippen LogP contribution in [0.5, 0.6) is 0 Å². The highest BCUT2D eigenvalue weighted by Crippen LogP contribution is 2.39. The summed E-state index contributed by atoms with van der Waals surface area (Å²) in [5.74, 6) is -0.0265. The fraction of sp³-hybridized carbons (Fsp3) is 0.375. The van der Waals surface area contributed by atoms with Crippen LogP contribution in [-0.2, 0) is 4.74 Å². The second-order valence-corrected chi connectivity index (χ2v) is 6.12. The number of rotatable bonds is 5. The highest BCUT2D eigenvalue weighted by molar-refractivity contribution is 9.10. The number of anilines is 1. The normalized spacial score (nSPS) is 14.0. The van der Waals surface area contributed by atoms with E-state index in [1.807, 2.05) is 19.1 Å². The van der Waals surface area contributed by atoms with Crippen molar-refractivity contribution in [3.05, 3.63) is 34.3 Å². The summed E-state index contributed by atoms with van der Waals surface area (Å²) in [6, 6.07) is 4.35. The predicted molar refractivity (Wildman–Crippen MR) is 87.0 cm³/mol. The first kappa shape index (κ1) is 15.1. The van der Waals surface area contributed by atoms with E-state index in [1.54, 1.807) is 6.92 Å². The van der Waals surface area contributed by atoms with Gasteiger partial charge in [-0.25, -0.2) is 9.78 Å². The second kappa shape index (κ2) is 6.12. The molecular formula is C16H17BrN2O3. The van der Waals surface area contributed by atoms with Crippen molar-refractivity contribution in [1.29, 1.82) is 0 Å². The summed E-state index contributed by atoms with van der Waals surface area (Å²) in [4.78, 5) is 16.0. The number of nitrogens with one attached hydrogen (secondary N) is 1. The Morgan fingerprint density at radius 1 is 1.50 bits per heavy atom. The van der Waals surface area contributed by atoms with Crippen molar-refractivity contribution in [1.82, 2.24) is 4.98 Å². The molecule has 0 radical (unpaired) electrons. The smallest absolute Gasteiger partial charge is 0.360 e. The first-order valence-electron chi connectivity index (χ1n) is 7.28. The molecule has 0 saturated heterocycles. The molecule has 116 valence electrons. The highest BCUT2D eigenvalue weighted by Gasteiger charge is 2.27. The van der Waals surface area contributed by atoms with Crippen molar-refractivity contribution >= 4 is 27.6 Å². The van der Waals surface area contributed by atoms with Crippen LogP contribution in [0.1, 0.15) is 35.8 Å². The number of aromatic nitrogens is 1. The fourth-order valence-electron chi connectivity index (χ4n) is 2.28. The molecule has 0 atom stereocenters. The number of halogens is 1. The van der Waals surface area contributed by atoms with Gasteiger partial charge >= 0.3 is 5.97 Å². The third kappa shape index (κ3) is 2.88. The van der Waals surface area contributed by atoms with Gasteiger partial charge in [-0.2, -0.15) is 0 Å². The van der Waals surface area contributed by atoms with Crippen molar-refractivity contribution in [2.45, 2.75) is 32.7 Å². The average Bonchev–Trinajstić information content (AvgIpc) is 3.18. The molecule has 1 saturated carbocycles. The summed E-state index contributed by atoms with van der Waals surface area (Å²) < 4.78 is 11.5. The zero-order chi connectivity index (χ0) is 15.7. The van der Waals surface area contributed by atoms with E-state index in [1.165, 1.54) is 6.39 Å². The van der Waals surface area contributed by atoms with E-state index in [9.17, 15) is 4.79 Å². The zero-order valence-electron chi connectivity index (χ0n) is 12.5. The van der Waals surface area contributed by atoms with Gasteiger partial charge in [0.1, 0.15) is 0 Å². The van der Waals surface area contributed by atoms with Crippen molar-refractivity contribution in [3.63, 3.8) is 0 Å². The second-order valence-electron chi connectivity index (χ2n) is 5.26. The quantitative estimate of drug-likeness (QED) is 0.806. The Labute approximate surface area is 137 Å². The lowest BCUT2D eigenvalue weighted by Gasteiger charge is -2.15. The van der Waals surface area contributed by atoms with E-state index >= 15 is 0 Å². The Morgan fingerprint density at radius 2 is 2.27 bits per heavy atom. The maximum atomic E-state index is 12.0. The molecule has 0 amide bonds. The minimum Gasteiger partial charge on any atom is -0.461 e. The van der Waals surface area contributed by atoms with Gasteiger partial charge in [-0.3, -0.25) is 0 Å². The van der Waals surface area contributed by atoms with Gasteiger partial charge in [0.05, 0.1) is 6.61 Å². The molecule has 1 heterocycles. The molecule has 1 aliphatic rings. The number of nitrogens with zero attached hydrogens (tertiary/aromatic N) is 1. The van der Waals surface area contributed by atoms with Gasteiger partial charge in [-0.1, -0.05) is 15.9 Å². The summed E-state index contributed by atoms with van der Waals surface area (Å²) in [6.07, 6.45) is 3.60. The molecule has 1 aliphatic carbocycles. The van der Waals surface area contributed by atoms with Crippen LogP contribution in [0.15, 0.2) is 27.4 Å². The maximum Gasteiger partial charge on any atom is 0.360 e. The molecule has 22 heavy (non-hydrogen) atoms.